The van der Waals surface area contributed by atoms with Crippen LogP contribution in [0.25, 0.3) is 0 Å². The second-order valence-electron chi connectivity index (χ2n) is 6.70. The molecule has 4 rings (SSSR count). The van der Waals surface area contributed by atoms with Crippen LogP contribution in [0.3, 0.4) is 0 Å². The Morgan fingerprint density at radius 2 is 2.11 bits per heavy atom. The zero-order chi connectivity index (χ0) is 18.9. The Morgan fingerprint density at radius 3 is 2.89 bits per heavy atom. The summed E-state index contributed by atoms with van der Waals surface area (Å²) in [5, 5.41) is 6.49. The predicted molar refractivity (Wildman–Crippen MR) is 117 cm³/mol. The lowest BCUT2D eigenvalue weighted by atomic mass is 10.1. The number of halogens is 1. The number of hydrogen-bond donors (Lipinski definition) is 1. The molecule has 2 heterocycles. The molecule has 1 spiro atoms. The van der Waals surface area contributed by atoms with E-state index in [0.29, 0.717) is 0 Å². The Kier molecular flexibility index (Phi) is 5.02. The Bertz CT molecular complexity index is 950. The number of para-hydroxylation sites is 1. The lowest BCUT2D eigenvalue weighted by molar-refractivity contribution is 0.534. The van der Waals surface area contributed by atoms with Crippen LogP contribution in [0.4, 0.5) is 5.69 Å². The molecule has 1 unspecified atom stereocenters. The maximum absolute atomic E-state index is 6.18. The first-order valence-electron chi connectivity index (χ1n) is 9.07. The van der Waals surface area contributed by atoms with Gasteiger partial charge in [-0.3, -0.25) is 5.43 Å². The van der Waals surface area contributed by atoms with Crippen LogP contribution in [-0.2, 0) is 11.4 Å². The van der Waals surface area contributed by atoms with Crippen LogP contribution in [0.2, 0.25) is 5.02 Å². The predicted octanol–water partition coefficient (Wildman–Crippen LogP) is 5.69. The summed E-state index contributed by atoms with van der Waals surface area (Å²) in [6.07, 6.45) is 6.27. The van der Waals surface area contributed by atoms with E-state index in [2.05, 4.69) is 70.9 Å². The highest BCUT2D eigenvalue weighted by atomic mass is 35.5. The van der Waals surface area contributed by atoms with Crippen molar-refractivity contribution in [3.63, 3.8) is 0 Å². The molecule has 0 fully saturated rings. The van der Waals surface area contributed by atoms with Crippen molar-refractivity contribution in [3.8, 4) is 0 Å². The van der Waals surface area contributed by atoms with E-state index in [1.165, 1.54) is 16.8 Å². The van der Waals surface area contributed by atoms with Gasteiger partial charge in [0.15, 0.2) is 4.87 Å². The lowest BCUT2D eigenvalue weighted by Crippen LogP contribution is -2.38. The summed E-state index contributed by atoms with van der Waals surface area (Å²) in [5.74, 6) is 0. The van der Waals surface area contributed by atoms with Gasteiger partial charge in [-0.25, -0.2) is 0 Å². The number of anilines is 1. The second-order valence-corrected chi connectivity index (χ2v) is 8.43. The van der Waals surface area contributed by atoms with Crippen LogP contribution >= 0.6 is 23.4 Å². The molecule has 0 aromatic heterocycles. The first-order chi connectivity index (χ1) is 13.1. The number of thioether (sulfide) groups is 1. The molecule has 138 valence electrons. The molecule has 1 N–H and O–H groups in total. The molecule has 5 heteroatoms. The van der Waals surface area contributed by atoms with Gasteiger partial charge in [-0.05, 0) is 37.6 Å². The number of rotatable bonds is 4. The Balaban J connectivity index is 1.63. The molecular formula is C22H22ClN3S. The van der Waals surface area contributed by atoms with Crippen LogP contribution < -0.4 is 10.3 Å². The van der Waals surface area contributed by atoms with E-state index < -0.39 is 0 Å². The fraction of sp³-hybridized carbons (Fsp3) is 0.227. The normalized spacial score (nSPS) is 21.7. The number of nitrogens with zero attached hydrogens (tertiary/aromatic N) is 2. The van der Waals surface area contributed by atoms with Crippen molar-refractivity contribution in [2.24, 2.45) is 5.10 Å². The standard InChI is InChI=1S/C22H22ClN3S/c1-3-8-17(4-2)21-24-25-22(27-21)15-26(20-12-6-5-11-19(20)22)14-16-9-7-10-18(23)13-16/h3-13,25H,14-15H2,1-2H3. The van der Waals surface area contributed by atoms with Gasteiger partial charge in [0.25, 0.3) is 0 Å². The highest BCUT2D eigenvalue weighted by molar-refractivity contribution is 8.15. The van der Waals surface area contributed by atoms with Crippen LogP contribution in [0.1, 0.15) is 25.0 Å². The summed E-state index contributed by atoms with van der Waals surface area (Å²) in [6, 6.07) is 16.7. The third-order valence-corrected chi connectivity index (χ3v) is 6.41. The highest BCUT2D eigenvalue weighted by Crippen LogP contribution is 2.50. The van der Waals surface area contributed by atoms with Crippen molar-refractivity contribution in [1.82, 2.24) is 5.43 Å². The molecule has 2 aromatic carbocycles. The zero-order valence-electron chi connectivity index (χ0n) is 15.4. The van der Waals surface area contributed by atoms with Crippen LogP contribution in [0.5, 0.6) is 0 Å². The molecule has 0 aliphatic carbocycles. The summed E-state index contributed by atoms with van der Waals surface area (Å²) in [7, 11) is 0. The fourth-order valence-corrected chi connectivity index (χ4v) is 5.19. The molecule has 2 aliphatic rings. The highest BCUT2D eigenvalue weighted by Gasteiger charge is 2.47. The molecule has 2 aromatic rings. The Hall–Kier alpha value is -2.17. The van der Waals surface area contributed by atoms with E-state index in [9.17, 15) is 0 Å². The van der Waals surface area contributed by atoms with Gasteiger partial charge in [0.05, 0.1) is 6.54 Å². The molecule has 3 nitrogen and oxygen atoms in total. The molecule has 2 aliphatic heterocycles. The van der Waals surface area contributed by atoms with E-state index in [1.54, 1.807) is 11.8 Å². The van der Waals surface area contributed by atoms with Gasteiger partial charge in [-0.1, -0.05) is 71.9 Å². The van der Waals surface area contributed by atoms with E-state index in [-0.39, 0.29) is 4.87 Å². The van der Waals surface area contributed by atoms with Gasteiger partial charge in [-0.2, -0.15) is 5.10 Å². The second kappa shape index (κ2) is 7.45. The monoisotopic (exact) mass is 395 g/mol. The third kappa shape index (κ3) is 3.40. The van der Waals surface area contributed by atoms with Gasteiger partial charge in [0, 0.05) is 28.4 Å². The largest absolute Gasteiger partial charge is 0.363 e. The van der Waals surface area contributed by atoms with Crippen molar-refractivity contribution in [3.05, 3.63) is 88.5 Å². The molecule has 0 amide bonds. The van der Waals surface area contributed by atoms with Gasteiger partial charge in [0.1, 0.15) is 5.04 Å². The minimum atomic E-state index is -0.250. The quantitative estimate of drug-likeness (QED) is 0.674. The summed E-state index contributed by atoms with van der Waals surface area (Å²) >= 11 is 7.99. The average Bonchev–Trinajstić information content (AvgIpc) is 3.23. The first kappa shape index (κ1) is 18.2. The van der Waals surface area contributed by atoms with E-state index in [1.807, 2.05) is 25.1 Å². The fourth-order valence-electron chi connectivity index (χ4n) is 3.66. The van der Waals surface area contributed by atoms with Crippen molar-refractivity contribution in [2.75, 3.05) is 11.4 Å². The molecule has 0 radical (unpaired) electrons. The van der Waals surface area contributed by atoms with Crippen LogP contribution in [-0.4, -0.2) is 11.6 Å². The number of hydrazone groups is 1. The first-order valence-corrected chi connectivity index (χ1v) is 10.3. The number of nitrogens with one attached hydrogen (secondary N) is 1. The third-order valence-electron chi connectivity index (χ3n) is 4.87. The lowest BCUT2D eigenvalue weighted by Gasteiger charge is -2.25. The van der Waals surface area contributed by atoms with Crippen molar-refractivity contribution in [1.29, 1.82) is 0 Å². The van der Waals surface area contributed by atoms with Gasteiger partial charge < -0.3 is 4.90 Å². The molecule has 0 saturated heterocycles. The SMILES string of the molecule is CC=CC(=CC)C1=NNC2(CN(Cc3cccc(Cl)c3)c3ccccc32)S1. The minimum Gasteiger partial charge on any atom is -0.363 e. The number of hydrogen-bond acceptors (Lipinski definition) is 4. The van der Waals surface area contributed by atoms with Crippen LogP contribution in [0, 0.1) is 0 Å². The van der Waals surface area contributed by atoms with Crippen molar-refractivity contribution < 1.29 is 0 Å². The number of fused-ring (bicyclic) bond motifs is 2. The van der Waals surface area contributed by atoms with Gasteiger partial charge in [-0.15, -0.1) is 0 Å². The smallest absolute Gasteiger partial charge is 0.150 e. The van der Waals surface area contributed by atoms with Gasteiger partial charge in [0.2, 0.25) is 0 Å². The van der Waals surface area contributed by atoms with E-state index in [4.69, 9.17) is 11.6 Å². The number of allylic oxidation sites excluding steroid dienone is 3. The number of benzene rings is 2. The Morgan fingerprint density at radius 1 is 1.26 bits per heavy atom. The summed E-state index contributed by atoms with van der Waals surface area (Å²) in [5.41, 5.74) is 8.34. The molecule has 0 bridgehead atoms. The van der Waals surface area contributed by atoms with Crippen LogP contribution in [0.15, 0.2) is 77.4 Å². The maximum atomic E-state index is 6.18. The van der Waals surface area contributed by atoms with Gasteiger partial charge >= 0.3 is 0 Å². The molecular weight excluding hydrogens is 374 g/mol. The Labute approximate surface area is 169 Å². The molecule has 27 heavy (non-hydrogen) atoms. The summed E-state index contributed by atoms with van der Waals surface area (Å²) in [4.78, 5) is 2.16. The van der Waals surface area contributed by atoms with E-state index in [0.717, 1.165) is 28.7 Å². The molecule has 1 atom stereocenters. The summed E-state index contributed by atoms with van der Waals surface area (Å²) < 4.78 is 0. The van der Waals surface area contributed by atoms with E-state index >= 15 is 0 Å². The maximum Gasteiger partial charge on any atom is 0.150 e. The zero-order valence-corrected chi connectivity index (χ0v) is 17.0. The topological polar surface area (TPSA) is 27.6 Å². The minimum absolute atomic E-state index is 0.250. The summed E-state index contributed by atoms with van der Waals surface area (Å²) in [6.45, 7) is 5.76. The van der Waals surface area contributed by atoms with Crippen molar-refractivity contribution in [2.45, 2.75) is 25.3 Å². The molecule has 0 saturated carbocycles. The van der Waals surface area contributed by atoms with Crippen molar-refractivity contribution >= 4 is 34.1 Å². The average molecular weight is 396 g/mol.